The van der Waals surface area contributed by atoms with Crippen molar-refractivity contribution >= 4 is 0 Å². The Morgan fingerprint density at radius 2 is 0.895 bits per heavy atom. The summed E-state index contributed by atoms with van der Waals surface area (Å²) in [5.74, 6) is -56.1. The first-order valence-electron chi connectivity index (χ1n) is 10.3. The van der Waals surface area contributed by atoms with Crippen LogP contribution in [0.15, 0.2) is 24.3 Å². The summed E-state index contributed by atoms with van der Waals surface area (Å²) in [6.45, 7) is 2.66. The first kappa shape index (κ1) is 34.0. The molecule has 0 aliphatic rings. The van der Waals surface area contributed by atoms with Gasteiger partial charge in [0.15, 0.2) is 0 Å². The van der Waals surface area contributed by atoms with Crippen LogP contribution < -0.4 is 5.32 Å². The quantitative estimate of drug-likeness (QED) is 0.180. The van der Waals surface area contributed by atoms with Crippen LogP contribution in [0.25, 0.3) is 0 Å². The third-order valence-electron chi connectivity index (χ3n) is 5.29. The second-order valence-electron chi connectivity index (χ2n) is 8.14. The number of nitrogens with one attached hydrogen (secondary N) is 1. The van der Waals surface area contributed by atoms with Gasteiger partial charge in [0.25, 0.3) is 0 Å². The molecule has 0 radical (unpaired) electrons. The number of alkyl halides is 17. The normalized spacial score (nSPS) is 15.2. The second kappa shape index (κ2) is 10.5. The average Bonchev–Trinajstić information content (AvgIpc) is 2.77. The fourth-order valence-electron chi connectivity index (χ4n) is 2.89. The Labute approximate surface area is 203 Å². The number of hydrogen-bond acceptors (Lipinski definition) is 1. The van der Waals surface area contributed by atoms with Gasteiger partial charge in [0.1, 0.15) is 0 Å². The smallest absolute Gasteiger partial charge is 0.313 e. The lowest BCUT2D eigenvalue weighted by Crippen LogP contribution is -2.74. The Hall–Kier alpha value is -2.01. The lowest BCUT2D eigenvalue weighted by Gasteiger charge is -2.42. The van der Waals surface area contributed by atoms with Gasteiger partial charge in [0.05, 0.1) is 0 Å². The van der Waals surface area contributed by atoms with Crippen LogP contribution in [0.1, 0.15) is 30.9 Å². The minimum Gasteiger partial charge on any atom is -0.313 e. The van der Waals surface area contributed by atoms with Gasteiger partial charge < -0.3 is 5.32 Å². The van der Waals surface area contributed by atoms with Gasteiger partial charge >= 0.3 is 47.6 Å². The number of hydrogen-bond donors (Lipinski definition) is 1. The van der Waals surface area contributed by atoms with Crippen LogP contribution in [0, 0.1) is 0 Å². The average molecular weight is 595 g/mol. The zero-order chi connectivity index (χ0) is 30.2. The van der Waals surface area contributed by atoms with Gasteiger partial charge in [-0.2, -0.15) is 74.6 Å². The molecule has 18 heteroatoms. The third kappa shape index (κ3) is 5.50. The maximum atomic E-state index is 14.0. The van der Waals surface area contributed by atoms with Crippen LogP contribution in [0.4, 0.5) is 74.6 Å². The van der Waals surface area contributed by atoms with Crippen molar-refractivity contribution in [2.24, 2.45) is 0 Å². The largest absolute Gasteiger partial charge is 0.460 e. The lowest BCUT2D eigenvalue weighted by molar-refractivity contribution is -0.461. The van der Waals surface area contributed by atoms with E-state index in [0.29, 0.717) is 12.1 Å². The first-order chi connectivity index (χ1) is 16.8. The molecule has 0 saturated heterocycles. The fourth-order valence-corrected chi connectivity index (χ4v) is 2.89. The van der Waals surface area contributed by atoms with Crippen molar-refractivity contribution in [3.63, 3.8) is 0 Å². The van der Waals surface area contributed by atoms with Crippen LogP contribution >= 0.6 is 0 Å². The summed E-state index contributed by atoms with van der Waals surface area (Å²) in [7, 11) is 0. The molecule has 1 rings (SSSR count). The molecule has 0 bridgehead atoms. The van der Waals surface area contributed by atoms with Gasteiger partial charge in [-0.3, -0.25) is 0 Å². The van der Waals surface area contributed by atoms with Crippen molar-refractivity contribution in [3.05, 3.63) is 35.4 Å². The molecule has 0 aliphatic heterocycles. The molecule has 0 saturated carbocycles. The molecule has 0 fully saturated rings. The minimum absolute atomic E-state index is 0.260. The van der Waals surface area contributed by atoms with Crippen LogP contribution in [-0.4, -0.2) is 54.2 Å². The van der Waals surface area contributed by atoms with Gasteiger partial charge in [-0.15, -0.1) is 0 Å². The number of halogens is 17. The third-order valence-corrected chi connectivity index (χ3v) is 5.29. The Bertz CT molecular complexity index is 918. The molecule has 1 aromatic carbocycles. The summed E-state index contributed by atoms with van der Waals surface area (Å²) < 4.78 is 226. The second-order valence-corrected chi connectivity index (χ2v) is 8.14. The number of benzene rings is 1. The van der Waals surface area contributed by atoms with Crippen LogP contribution in [0.2, 0.25) is 0 Å². The summed E-state index contributed by atoms with van der Waals surface area (Å²) in [6, 6.07) is 4.58. The molecule has 0 unspecified atom stereocenters. The molecule has 38 heavy (non-hydrogen) atoms. The zero-order valence-corrected chi connectivity index (χ0v) is 18.8. The molecular weight excluding hydrogens is 577 g/mol. The Morgan fingerprint density at radius 3 is 1.29 bits per heavy atom. The topological polar surface area (TPSA) is 12.0 Å². The van der Waals surface area contributed by atoms with Crippen molar-refractivity contribution in [1.29, 1.82) is 0 Å². The number of rotatable bonds is 13. The molecule has 0 heterocycles. The molecule has 0 atom stereocenters. The molecule has 0 spiro atoms. The van der Waals surface area contributed by atoms with E-state index in [0.717, 1.165) is 18.6 Å². The first-order valence-corrected chi connectivity index (χ1v) is 10.3. The summed E-state index contributed by atoms with van der Waals surface area (Å²) in [5, 5.41) is 2.92. The summed E-state index contributed by atoms with van der Waals surface area (Å²) in [5.41, 5.74) is 0.251. The van der Waals surface area contributed by atoms with Crippen LogP contribution in [0.5, 0.6) is 0 Å². The number of aryl methyl sites for hydroxylation is 1. The van der Waals surface area contributed by atoms with Crippen molar-refractivity contribution in [2.45, 2.75) is 80.4 Å². The lowest BCUT2D eigenvalue weighted by atomic mass is 9.87. The molecule has 1 aromatic rings. The molecule has 0 aromatic heterocycles. The molecule has 222 valence electrons. The van der Waals surface area contributed by atoms with E-state index in [1.165, 1.54) is 12.1 Å². The van der Waals surface area contributed by atoms with Crippen molar-refractivity contribution in [1.82, 2.24) is 5.32 Å². The monoisotopic (exact) mass is 595 g/mol. The van der Waals surface area contributed by atoms with Gasteiger partial charge in [-0.1, -0.05) is 31.2 Å². The summed E-state index contributed by atoms with van der Waals surface area (Å²) in [6.07, 6.45) is -10.8. The van der Waals surface area contributed by atoms with Crippen molar-refractivity contribution in [2.75, 3.05) is 6.54 Å². The predicted octanol–water partition coefficient (Wildman–Crippen LogP) is 8.13. The van der Waals surface area contributed by atoms with Gasteiger partial charge in [-0.25, -0.2) is 0 Å². The Morgan fingerprint density at radius 1 is 0.526 bits per heavy atom. The van der Waals surface area contributed by atoms with E-state index in [4.69, 9.17) is 0 Å². The van der Waals surface area contributed by atoms with E-state index in [2.05, 4.69) is 5.32 Å². The van der Waals surface area contributed by atoms with E-state index < -0.39 is 60.5 Å². The van der Waals surface area contributed by atoms with Gasteiger partial charge in [0.2, 0.25) is 0 Å². The SMILES string of the molecule is CCCNCc1ccc(CCC(F)(F)C(F)(F)C(F)(F)C(F)(F)C(F)(F)C(F)(F)C(F)(F)C(F)(F)F)cc1. The van der Waals surface area contributed by atoms with E-state index in [-0.39, 0.29) is 12.1 Å². The van der Waals surface area contributed by atoms with E-state index in [1.807, 2.05) is 6.92 Å². The van der Waals surface area contributed by atoms with E-state index in [9.17, 15) is 74.6 Å². The summed E-state index contributed by atoms with van der Waals surface area (Å²) >= 11 is 0. The fraction of sp³-hybridized carbons (Fsp3) is 0.700. The molecule has 1 nitrogen and oxygen atoms in total. The van der Waals surface area contributed by atoms with Crippen LogP contribution in [-0.2, 0) is 13.0 Å². The highest BCUT2D eigenvalue weighted by molar-refractivity contribution is 5.23. The Kier molecular flexibility index (Phi) is 9.42. The van der Waals surface area contributed by atoms with Gasteiger partial charge in [-0.05, 0) is 30.5 Å². The van der Waals surface area contributed by atoms with Crippen molar-refractivity contribution < 1.29 is 74.6 Å². The highest BCUT2D eigenvalue weighted by Crippen LogP contribution is 2.64. The minimum atomic E-state index is -8.61. The van der Waals surface area contributed by atoms with Crippen molar-refractivity contribution in [3.8, 4) is 0 Å². The van der Waals surface area contributed by atoms with E-state index in [1.54, 1.807) is 0 Å². The van der Waals surface area contributed by atoms with E-state index >= 15 is 0 Å². The predicted molar refractivity (Wildman–Crippen MR) is 97.4 cm³/mol. The summed E-state index contributed by atoms with van der Waals surface area (Å²) in [4.78, 5) is 0. The van der Waals surface area contributed by atoms with Crippen LogP contribution in [0.3, 0.4) is 0 Å². The van der Waals surface area contributed by atoms with Gasteiger partial charge in [0, 0.05) is 13.0 Å². The molecule has 0 aliphatic carbocycles. The zero-order valence-electron chi connectivity index (χ0n) is 18.8. The Balaban J connectivity index is 3.28. The standard InChI is InChI=1S/C20H18F17N/c1-2-9-38-10-12-5-3-11(4-6-12)7-8-13(21,22)14(23,24)15(25,26)16(27,28)17(29,30)18(31,32)19(33,34)20(35,36)37/h3-6,38H,2,7-10H2,1H3. The molecular formula is C20H18F17N. The highest BCUT2D eigenvalue weighted by Gasteiger charge is 2.95. The maximum Gasteiger partial charge on any atom is 0.460 e. The molecule has 1 N–H and O–H groups in total. The maximum absolute atomic E-state index is 14.0. The molecule has 0 amide bonds. The highest BCUT2D eigenvalue weighted by atomic mass is 19.4.